The molecule has 0 spiro atoms. The van der Waals surface area contributed by atoms with E-state index in [9.17, 15) is 0 Å². The van der Waals surface area contributed by atoms with Gasteiger partial charge in [0.05, 0.1) is 17.6 Å². The maximum atomic E-state index is 4.86. The van der Waals surface area contributed by atoms with Crippen molar-refractivity contribution in [3.63, 3.8) is 0 Å². The maximum absolute atomic E-state index is 4.86. The van der Waals surface area contributed by atoms with Gasteiger partial charge in [-0.1, -0.05) is 12.1 Å². The molecule has 23 heavy (non-hydrogen) atoms. The Labute approximate surface area is 135 Å². The summed E-state index contributed by atoms with van der Waals surface area (Å²) in [5.41, 5.74) is 4.11. The van der Waals surface area contributed by atoms with Crippen LogP contribution in [0.3, 0.4) is 0 Å². The topological polar surface area (TPSA) is 54.2 Å². The second-order valence-electron chi connectivity index (χ2n) is 6.12. The zero-order valence-corrected chi connectivity index (χ0v) is 13.3. The second-order valence-corrected chi connectivity index (χ2v) is 6.12. The molecule has 1 unspecified atom stereocenters. The quantitative estimate of drug-likeness (QED) is 0.781. The summed E-state index contributed by atoms with van der Waals surface area (Å²) in [7, 11) is 0. The van der Waals surface area contributed by atoms with Crippen molar-refractivity contribution < 1.29 is 0 Å². The van der Waals surface area contributed by atoms with Crippen LogP contribution in [0.2, 0.25) is 0 Å². The van der Waals surface area contributed by atoms with Gasteiger partial charge in [-0.05, 0) is 50.1 Å². The SMILES string of the molecule is Cc1ccc(NC2CCCNC2)nc1-c1cnc2ccccn12. The minimum atomic E-state index is 0.453. The van der Waals surface area contributed by atoms with Gasteiger partial charge in [-0.25, -0.2) is 9.97 Å². The Bertz CT molecular complexity index is 817. The van der Waals surface area contributed by atoms with Gasteiger partial charge in [0.1, 0.15) is 11.5 Å². The molecule has 0 amide bonds. The van der Waals surface area contributed by atoms with E-state index >= 15 is 0 Å². The third-order valence-electron chi connectivity index (χ3n) is 4.41. The molecule has 4 heterocycles. The highest BCUT2D eigenvalue weighted by Gasteiger charge is 2.15. The van der Waals surface area contributed by atoms with Crippen molar-refractivity contribution >= 4 is 11.5 Å². The Morgan fingerprint density at radius 1 is 1.26 bits per heavy atom. The number of hydrogen-bond acceptors (Lipinski definition) is 4. The zero-order chi connectivity index (χ0) is 15.6. The normalized spacial score (nSPS) is 18.2. The van der Waals surface area contributed by atoms with Crippen molar-refractivity contribution in [3.8, 4) is 11.4 Å². The van der Waals surface area contributed by atoms with E-state index in [1.165, 1.54) is 12.8 Å². The fourth-order valence-electron chi connectivity index (χ4n) is 3.16. The minimum absolute atomic E-state index is 0.453. The Kier molecular flexibility index (Phi) is 3.71. The molecule has 1 atom stereocenters. The van der Waals surface area contributed by atoms with E-state index in [4.69, 9.17) is 4.98 Å². The first-order valence-electron chi connectivity index (χ1n) is 8.18. The first-order chi connectivity index (χ1) is 11.3. The molecule has 0 aliphatic carbocycles. The molecular weight excluding hydrogens is 286 g/mol. The molecule has 5 heteroatoms. The highest BCUT2D eigenvalue weighted by molar-refractivity contribution is 5.65. The van der Waals surface area contributed by atoms with Crippen LogP contribution >= 0.6 is 0 Å². The lowest BCUT2D eigenvalue weighted by Gasteiger charge is -2.24. The van der Waals surface area contributed by atoms with Gasteiger partial charge in [0.2, 0.25) is 0 Å². The number of rotatable bonds is 3. The van der Waals surface area contributed by atoms with Crippen molar-refractivity contribution in [2.24, 2.45) is 0 Å². The second kappa shape index (κ2) is 6.01. The fourth-order valence-corrected chi connectivity index (χ4v) is 3.16. The van der Waals surface area contributed by atoms with Crippen molar-refractivity contribution in [1.29, 1.82) is 0 Å². The predicted molar refractivity (Wildman–Crippen MR) is 92.7 cm³/mol. The molecule has 4 rings (SSSR count). The summed E-state index contributed by atoms with van der Waals surface area (Å²) in [6, 6.07) is 10.7. The fraction of sp³-hybridized carbons (Fsp3) is 0.333. The summed E-state index contributed by atoms with van der Waals surface area (Å²) in [4.78, 5) is 9.33. The molecule has 3 aromatic rings. The molecule has 1 aliphatic rings. The summed E-state index contributed by atoms with van der Waals surface area (Å²) < 4.78 is 2.08. The van der Waals surface area contributed by atoms with Crippen LogP contribution < -0.4 is 10.6 Å². The van der Waals surface area contributed by atoms with Crippen LogP contribution in [0.5, 0.6) is 0 Å². The van der Waals surface area contributed by atoms with Gasteiger partial charge in [-0.3, -0.25) is 4.40 Å². The summed E-state index contributed by atoms with van der Waals surface area (Å²) >= 11 is 0. The third-order valence-corrected chi connectivity index (χ3v) is 4.41. The average Bonchev–Trinajstić information content (AvgIpc) is 3.01. The number of fused-ring (bicyclic) bond motifs is 1. The van der Waals surface area contributed by atoms with E-state index in [0.29, 0.717) is 6.04 Å². The molecule has 2 N–H and O–H groups in total. The Balaban J connectivity index is 1.69. The van der Waals surface area contributed by atoms with Gasteiger partial charge >= 0.3 is 0 Å². The number of nitrogens with one attached hydrogen (secondary N) is 2. The molecule has 1 saturated heterocycles. The van der Waals surface area contributed by atoms with E-state index < -0.39 is 0 Å². The molecule has 0 bridgehead atoms. The van der Waals surface area contributed by atoms with E-state index in [2.05, 4.69) is 39.1 Å². The number of aryl methyl sites for hydroxylation is 1. The summed E-state index contributed by atoms with van der Waals surface area (Å²) in [5.74, 6) is 0.935. The van der Waals surface area contributed by atoms with Crippen LogP contribution in [0.15, 0.2) is 42.7 Å². The molecule has 118 valence electrons. The summed E-state index contributed by atoms with van der Waals surface area (Å²) in [6.07, 6.45) is 6.33. The molecule has 0 radical (unpaired) electrons. The largest absolute Gasteiger partial charge is 0.366 e. The molecule has 1 aliphatic heterocycles. The van der Waals surface area contributed by atoms with Crippen LogP contribution in [-0.2, 0) is 0 Å². The van der Waals surface area contributed by atoms with Crippen LogP contribution in [0.4, 0.5) is 5.82 Å². The molecule has 5 nitrogen and oxygen atoms in total. The number of piperidine rings is 1. The first-order valence-corrected chi connectivity index (χ1v) is 8.18. The van der Waals surface area contributed by atoms with Crippen molar-refractivity contribution in [3.05, 3.63) is 48.3 Å². The highest BCUT2D eigenvalue weighted by atomic mass is 15.1. The molecule has 1 fully saturated rings. The van der Waals surface area contributed by atoms with Crippen molar-refractivity contribution in [2.75, 3.05) is 18.4 Å². The monoisotopic (exact) mass is 307 g/mol. The van der Waals surface area contributed by atoms with Crippen LogP contribution in [0.1, 0.15) is 18.4 Å². The van der Waals surface area contributed by atoms with Gasteiger partial charge in [-0.2, -0.15) is 0 Å². The standard InChI is InChI=1S/C18H21N5/c1-13-7-8-16(21-14-5-4-9-19-11-14)22-18(13)15-12-20-17-6-2-3-10-23(15)17/h2-3,6-8,10,12,14,19H,4-5,9,11H2,1H3,(H,21,22). The number of imidazole rings is 1. The zero-order valence-electron chi connectivity index (χ0n) is 13.3. The van der Waals surface area contributed by atoms with E-state index in [0.717, 1.165) is 41.5 Å². The maximum Gasteiger partial charge on any atom is 0.137 e. The Morgan fingerprint density at radius 3 is 3.09 bits per heavy atom. The molecule has 0 aromatic carbocycles. The third kappa shape index (κ3) is 2.80. The lowest BCUT2D eigenvalue weighted by atomic mass is 10.1. The van der Waals surface area contributed by atoms with E-state index in [-0.39, 0.29) is 0 Å². The Morgan fingerprint density at radius 2 is 2.22 bits per heavy atom. The van der Waals surface area contributed by atoms with Gasteiger partial charge < -0.3 is 10.6 Å². The number of aromatic nitrogens is 3. The van der Waals surface area contributed by atoms with Gasteiger partial charge in [0.25, 0.3) is 0 Å². The van der Waals surface area contributed by atoms with Gasteiger partial charge in [0.15, 0.2) is 0 Å². The van der Waals surface area contributed by atoms with Crippen molar-refractivity contribution in [2.45, 2.75) is 25.8 Å². The Hall–Kier alpha value is -2.40. The molecular formula is C18H21N5. The van der Waals surface area contributed by atoms with E-state index in [1.54, 1.807) is 0 Å². The lowest BCUT2D eigenvalue weighted by molar-refractivity contribution is 0.479. The van der Waals surface area contributed by atoms with Gasteiger partial charge in [0, 0.05) is 18.8 Å². The average molecular weight is 307 g/mol. The first kappa shape index (κ1) is 14.2. The minimum Gasteiger partial charge on any atom is -0.366 e. The summed E-state index contributed by atoms with van der Waals surface area (Å²) in [6.45, 7) is 4.21. The van der Waals surface area contributed by atoms with Crippen LogP contribution in [0, 0.1) is 6.92 Å². The van der Waals surface area contributed by atoms with Crippen LogP contribution in [0.25, 0.3) is 17.0 Å². The highest BCUT2D eigenvalue weighted by Crippen LogP contribution is 2.24. The lowest BCUT2D eigenvalue weighted by Crippen LogP contribution is -2.38. The molecule has 3 aromatic heterocycles. The molecule has 0 saturated carbocycles. The van der Waals surface area contributed by atoms with E-state index in [1.807, 2.05) is 30.6 Å². The van der Waals surface area contributed by atoms with Crippen molar-refractivity contribution in [1.82, 2.24) is 19.7 Å². The summed E-state index contributed by atoms with van der Waals surface area (Å²) in [5, 5.41) is 6.98. The van der Waals surface area contributed by atoms with Gasteiger partial charge in [-0.15, -0.1) is 0 Å². The number of pyridine rings is 2. The smallest absolute Gasteiger partial charge is 0.137 e. The van der Waals surface area contributed by atoms with Crippen LogP contribution in [-0.4, -0.2) is 33.5 Å². The predicted octanol–water partition coefficient (Wildman–Crippen LogP) is 2.87. The number of nitrogens with zero attached hydrogens (tertiary/aromatic N) is 3. The number of hydrogen-bond donors (Lipinski definition) is 2. The number of anilines is 1.